The van der Waals surface area contributed by atoms with Gasteiger partial charge in [-0.05, 0) is 31.2 Å². The van der Waals surface area contributed by atoms with E-state index in [0.29, 0.717) is 22.6 Å². The Morgan fingerprint density at radius 2 is 2.00 bits per heavy atom. The molecule has 0 aliphatic carbocycles. The van der Waals surface area contributed by atoms with Gasteiger partial charge in [0.1, 0.15) is 17.1 Å². The van der Waals surface area contributed by atoms with Crippen molar-refractivity contribution >= 4 is 17.1 Å². The molecule has 3 aromatic rings. The minimum absolute atomic E-state index is 0.281. The predicted octanol–water partition coefficient (Wildman–Crippen LogP) is 2.46. The first-order valence-corrected chi connectivity index (χ1v) is 6.05. The van der Waals surface area contributed by atoms with Gasteiger partial charge in [-0.25, -0.2) is 14.4 Å². The molecular formula is C14H13FN4O. The van der Waals surface area contributed by atoms with Crippen molar-refractivity contribution in [3.63, 3.8) is 0 Å². The van der Waals surface area contributed by atoms with Gasteiger partial charge in [-0.15, -0.1) is 0 Å². The smallest absolute Gasteiger partial charge is 0.207 e. The largest absolute Gasteiger partial charge is 0.494 e. The average Bonchev–Trinajstić information content (AvgIpc) is 2.74. The fourth-order valence-corrected chi connectivity index (χ4v) is 2.14. The zero-order valence-electron chi connectivity index (χ0n) is 11.1. The fraction of sp³-hybridized carbons (Fsp3) is 0.143. The van der Waals surface area contributed by atoms with E-state index in [2.05, 4.69) is 9.97 Å². The van der Waals surface area contributed by atoms with Gasteiger partial charge in [0.25, 0.3) is 0 Å². The normalized spacial score (nSPS) is 10.9. The van der Waals surface area contributed by atoms with Crippen molar-refractivity contribution < 1.29 is 9.13 Å². The number of aryl methyl sites for hydroxylation is 1. The summed E-state index contributed by atoms with van der Waals surface area (Å²) in [6, 6.07) is 7.95. The molecule has 0 aliphatic heterocycles. The van der Waals surface area contributed by atoms with E-state index in [-0.39, 0.29) is 11.8 Å². The molecule has 2 aromatic heterocycles. The fourth-order valence-electron chi connectivity index (χ4n) is 2.14. The number of anilines is 1. The maximum atomic E-state index is 13.3. The molecule has 2 N–H and O–H groups in total. The van der Waals surface area contributed by atoms with Gasteiger partial charge in [0.05, 0.1) is 12.8 Å². The van der Waals surface area contributed by atoms with Crippen LogP contribution in [0.5, 0.6) is 5.75 Å². The van der Waals surface area contributed by atoms with Crippen molar-refractivity contribution in [2.45, 2.75) is 6.92 Å². The Hall–Kier alpha value is -2.63. The number of nitrogens with zero attached hydrogens (tertiary/aromatic N) is 3. The molecule has 1 aromatic carbocycles. The molecule has 0 fully saturated rings. The lowest BCUT2D eigenvalue weighted by molar-refractivity contribution is 0.409. The number of halogens is 1. The molecule has 0 unspecified atom stereocenters. The van der Waals surface area contributed by atoms with Gasteiger partial charge in [0.2, 0.25) is 5.95 Å². The Balaban J connectivity index is 2.34. The van der Waals surface area contributed by atoms with Gasteiger partial charge in [-0.3, -0.25) is 4.57 Å². The number of nitrogens with two attached hydrogens (primary N) is 1. The molecule has 0 spiro atoms. The monoisotopic (exact) mass is 272 g/mol. The minimum atomic E-state index is -0.377. The summed E-state index contributed by atoms with van der Waals surface area (Å²) in [5, 5.41) is 0. The van der Waals surface area contributed by atoms with Crippen LogP contribution in [-0.4, -0.2) is 21.6 Å². The van der Waals surface area contributed by atoms with E-state index in [1.807, 2.05) is 19.1 Å². The Morgan fingerprint density at radius 3 is 2.75 bits per heavy atom. The highest BCUT2D eigenvalue weighted by atomic mass is 19.1. The molecule has 0 amide bonds. The number of imidazole rings is 1. The third-order valence-electron chi connectivity index (χ3n) is 3.05. The van der Waals surface area contributed by atoms with Crippen LogP contribution in [0.2, 0.25) is 0 Å². The first kappa shape index (κ1) is 12.4. The number of nitrogen functional groups attached to an aromatic ring is 1. The van der Waals surface area contributed by atoms with E-state index in [4.69, 9.17) is 10.5 Å². The van der Waals surface area contributed by atoms with E-state index in [0.717, 1.165) is 5.69 Å². The number of ether oxygens (including phenoxy) is 1. The lowest BCUT2D eigenvalue weighted by Gasteiger charge is -2.11. The summed E-state index contributed by atoms with van der Waals surface area (Å²) in [4.78, 5) is 8.70. The predicted molar refractivity (Wildman–Crippen MR) is 74.5 cm³/mol. The summed E-state index contributed by atoms with van der Waals surface area (Å²) in [6.07, 6.45) is 0. The van der Waals surface area contributed by atoms with Crippen molar-refractivity contribution in [2.24, 2.45) is 0 Å². The summed E-state index contributed by atoms with van der Waals surface area (Å²) < 4.78 is 20.2. The van der Waals surface area contributed by atoms with Gasteiger partial charge in [0, 0.05) is 11.8 Å². The molecule has 0 bridgehead atoms. The zero-order chi connectivity index (χ0) is 14.3. The second-order valence-electron chi connectivity index (χ2n) is 4.42. The molecule has 0 atom stereocenters. The maximum Gasteiger partial charge on any atom is 0.207 e. The van der Waals surface area contributed by atoms with Crippen LogP contribution in [0.25, 0.3) is 16.9 Å². The van der Waals surface area contributed by atoms with E-state index in [1.54, 1.807) is 10.6 Å². The molecule has 0 aliphatic rings. The number of hydrogen-bond donors (Lipinski definition) is 1. The molecule has 0 saturated carbocycles. The third-order valence-corrected chi connectivity index (χ3v) is 3.05. The van der Waals surface area contributed by atoms with Crippen LogP contribution in [0.15, 0.2) is 30.3 Å². The van der Waals surface area contributed by atoms with Crippen LogP contribution in [0.4, 0.5) is 10.3 Å². The standard InChI is InChI=1S/C14H13FN4O/c1-8-3-5-10-13(17-8)19(14(16)18-10)11-6-4-9(15)7-12(11)20-2/h3-7H,1-2H3,(H2,16,18). The van der Waals surface area contributed by atoms with Crippen LogP contribution in [-0.2, 0) is 0 Å². The number of hydrogen-bond acceptors (Lipinski definition) is 4. The van der Waals surface area contributed by atoms with Gasteiger partial charge in [0.15, 0.2) is 5.65 Å². The lowest BCUT2D eigenvalue weighted by atomic mass is 10.2. The second-order valence-corrected chi connectivity index (χ2v) is 4.42. The number of aromatic nitrogens is 3. The Labute approximate surface area is 114 Å². The molecule has 5 nitrogen and oxygen atoms in total. The molecule has 2 heterocycles. The molecule has 6 heteroatoms. The number of fused-ring (bicyclic) bond motifs is 1. The van der Waals surface area contributed by atoms with Crippen LogP contribution >= 0.6 is 0 Å². The Morgan fingerprint density at radius 1 is 1.20 bits per heavy atom. The SMILES string of the molecule is COc1cc(F)ccc1-n1c(N)nc2ccc(C)nc21. The number of methoxy groups -OCH3 is 1. The van der Waals surface area contributed by atoms with Crippen molar-refractivity contribution in [1.82, 2.24) is 14.5 Å². The molecule has 0 saturated heterocycles. The summed E-state index contributed by atoms with van der Waals surface area (Å²) in [7, 11) is 1.48. The first-order chi connectivity index (χ1) is 9.60. The average molecular weight is 272 g/mol. The summed E-state index contributed by atoms with van der Waals surface area (Å²) >= 11 is 0. The summed E-state index contributed by atoms with van der Waals surface area (Å²) in [5.41, 5.74) is 8.71. The molecule has 0 radical (unpaired) electrons. The highest BCUT2D eigenvalue weighted by Gasteiger charge is 2.15. The van der Waals surface area contributed by atoms with Gasteiger partial charge in [-0.1, -0.05) is 0 Å². The maximum absolute atomic E-state index is 13.3. The van der Waals surface area contributed by atoms with Gasteiger partial charge >= 0.3 is 0 Å². The van der Waals surface area contributed by atoms with Crippen LogP contribution in [0.3, 0.4) is 0 Å². The molecule has 102 valence electrons. The van der Waals surface area contributed by atoms with Crippen molar-refractivity contribution in [2.75, 3.05) is 12.8 Å². The van der Waals surface area contributed by atoms with E-state index in [9.17, 15) is 4.39 Å². The molecular weight excluding hydrogens is 259 g/mol. The molecule has 3 rings (SSSR count). The van der Waals surface area contributed by atoms with Crippen LogP contribution in [0, 0.1) is 12.7 Å². The van der Waals surface area contributed by atoms with Crippen molar-refractivity contribution in [1.29, 1.82) is 0 Å². The van der Waals surface area contributed by atoms with E-state index in [1.165, 1.54) is 19.2 Å². The number of rotatable bonds is 2. The lowest BCUT2D eigenvalue weighted by Crippen LogP contribution is -2.04. The quantitative estimate of drug-likeness (QED) is 0.778. The van der Waals surface area contributed by atoms with Gasteiger partial charge in [-0.2, -0.15) is 0 Å². The summed E-state index contributed by atoms with van der Waals surface area (Å²) in [5.74, 6) is 0.278. The highest BCUT2D eigenvalue weighted by Crippen LogP contribution is 2.29. The van der Waals surface area contributed by atoms with Gasteiger partial charge < -0.3 is 10.5 Å². The summed E-state index contributed by atoms with van der Waals surface area (Å²) in [6.45, 7) is 1.88. The minimum Gasteiger partial charge on any atom is -0.494 e. The Bertz CT molecular complexity index is 797. The van der Waals surface area contributed by atoms with Crippen LogP contribution < -0.4 is 10.5 Å². The van der Waals surface area contributed by atoms with E-state index >= 15 is 0 Å². The first-order valence-electron chi connectivity index (χ1n) is 6.05. The number of pyridine rings is 1. The number of benzene rings is 1. The van der Waals surface area contributed by atoms with Crippen molar-refractivity contribution in [3.8, 4) is 11.4 Å². The Kier molecular flexibility index (Phi) is 2.78. The zero-order valence-corrected chi connectivity index (χ0v) is 11.1. The van der Waals surface area contributed by atoms with Crippen LogP contribution in [0.1, 0.15) is 5.69 Å². The van der Waals surface area contributed by atoms with Crippen molar-refractivity contribution in [3.05, 3.63) is 41.8 Å². The molecule has 20 heavy (non-hydrogen) atoms. The van der Waals surface area contributed by atoms with E-state index < -0.39 is 0 Å². The topological polar surface area (TPSA) is 66.0 Å². The third kappa shape index (κ3) is 1.85. The second kappa shape index (κ2) is 4.48. The highest BCUT2D eigenvalue weighted by molar-refractivity contribution is 5.78.